The van der Waals surface area contributed by atoms with Crippen LogP contribution in [0.25, 0.3) is 43.8 Å². The SMILES string of the molecule is CC(=O)Nc1cccc(-c2cccc3cc(C(=O)N=C(N)N)ccc23)c1.CS(=O)(=O)Nc1ccc(-c2cccc3cc(C(=O)N=C(N)N)ccc23)cc1. The fourth-order valence-electron chi connectivity index (χ4n) is 5.60. The van der Waals surface area contributed by atoms with Gasteiger partial charge in [0.05, 0.1) is 6.26 Å². The zero-order chi connectivity index (χ0) is 38.3. The first-order chi connectivity index (χ1) is 25.2. The summed E-state index contributed by atoms with van der Waals surface area (Å²) in [6, 6.07) is 36.8. The second kappa shape index (κ2) is 15.9. The maximum absolute atomic E-state index is 12.0. The van der Waals surface area contributed by atoms with Crippen molar-refractivity contribution in [3.05, 3.63) is 132 Å². The van der Waals surface area contributed by atoms with Crippen LogP contribution < -0.4 is 33.0 Å². The van der Waals surface area contributed by atoms with Crippen molar-refractivity contribution in [1.29, 1.82) is 0 Å². The molecule has 268 valence electrons. The van der Waals surface area contributed by atoms with Gasteiger partial charge in [-0.05, 0) is 92.3 Å². The van der Waals surface area contributed by atoms with Crippen molar-refractivity contribution >= 4 is 72.6 Å². The summed E-state index contributed by atoms with van der Waals surface area (Å²) in [5.41, 5.74) is 26.9. The molecule has 0 bridgehead atoms. The molecule has 14 heteroatoms. The molecule has 13 nitrogen and oxygen atoms in total. The van der Waals surface area contributed by atoms with Gasteiger partial charge in [-0.1, -0.05) is 72.8 Å². The number of guanidine groups is 2. The third kappa shape index (κ3) is 9.80. The number of nitrogens with one attached hydrogen (secondary N) is 2. The molecule has 0 aliphatic carbocycles. The molecule has 0 aromatic heterocycles. The molecule has 0 radical (unpaired) electrons. The van der Waals surface area contributed by atoms with Gasteiger partial charge >= 0.3 is 0 Å². The standard InChI is InChI=1S/C20H18N4O2.C19H18N4O3S/c1-12(25)23-16-6-2-4-14(11-16)17-7-3-5-13-10-15(8-9-18(13)17)19(26)24-20(21)22;1-27(25,26)23-15-8-5-12(6-9-15)16-4-2-3-13-11-14(7-10-17(13)16)18(24)22-19(20)21/h2-11H,1H3,(H,23,25)(H4,21,22,24,26);2-11,23H,1H3,(H4,20,21,22,24). The lowest BCUT2D eigenvalue weighted by molar-refractivity contribution is -0.114. The first-order valence-corrected chi connectivity index (χ1v) is 17.9. The smallest absolute Gasteiger partial charge is 0.280 e. The Morgan fingerprint density at radius 3 is 1.53 bits per heavy atom. The Bertz CT molecular complexity index is 2540. The largest absolute Gasteiger partial charge is 0.370 e. The molecule has 10 N–H and O–H groups in total. The van der Waals surface area contributed by atoms with Crippen molar-refractivity contribution in [2.45, 2.75) is 6.92 Å². The number of sulfonamides is 1. The maximum Gasteiger partial charge on any atom is 0.280 e. The van der Waals surface area contributed by atoms with Crippen molar-refractivity contribution in [3.8, 4) is 22.3 Å². The second-order valence-electron chi connectivity index (χ2n) is 11.9. The van der Waals surface area contributed by atoms with Crippen molar-refractivity contribution in [2.24, 2.45) is 32.9 Å². The summed E-state index contributed by atoms with van der Waals surface area (Å²) in [7, 11) is -3.32. The maximum atomic E-state index is 12.0. The van der Waals surface area contributed by atoms with E-state index in [1.807, 2.05) is 84.9 Å². The molecule has 0 spiro atoms. The molecule has 6 aromatic rings. The van der Waals surface area contributed by atoms with Gasteiger partial charge in [0.1, 0.15) is 0 Å². The van der Waals surface area contributed by atoms with Crippen molar-refractivity contribution in [1.82, 2.24) is 0 Å². The van der Waals surface area contributed by atoms with Gasteiger partial charge in [0.2, 0.25) is 15.9 Å². The topological polar surface area (TPSA) is 238 Å². The summed E-state index contributed by atoms with van der Waals surface area (Å²) in [5, 5.41) is 6.47. The average molecular weight is 729 g/mol. The van der Waals surface area contributed by atoms with Gasteiger partial charge in [-0.2, -0.15) is 9.98 Å². The van der Waals surface area contributed by atoms with Crippen molar-refractivity contribution < 1.29 is 22.8 Å². The number of nitrogens with zero attached hydrogens (tertiary/aromatic N) is 2. The highest BCUT2D eigenvalue weighted by Crippen LogP contribution is 2.32. The number of fused-ring (bicyclic) bond motifs is 2. The van der Waals surface area contributed by atoms with Gasteiger partial charge in [0, 0.05) is 29.4 Å². The predicted octanol–water partition coefficient (Wildman–Crippen LogP) is 5.17. The van der Waals surface area contributed by atoms with Crippen LogP contribution in [0, 0.1) is 0 Å². The van der Waals surface area contributed by atoms with Crippen molar-refractivity contribution in [3.63, 3.8) is 0 Å². The number of anilines is 2. The van der Waals surface area contributed by atoms with Crippen LogP contribution in [-0.2, 0) is 14.8 Å². The summed E-state index contributed by atoms with van der Waals surface area (Å²) in [6.07, 6.45) is 1.10. The highest BCUT2D eigenvalue weighted by atomic mass is 32.2. The molecular formula is C39H36N8O5S. The molecule has 0 unspecified atom stereocenters. The van der Waals surface area contributed by atoms with Gasteiger partial charge < -0.3 is 28.3 Å². The lowest BCUT2D eigenvalue weighted by Crippen LogP contribution is -2.24. The molecule has 3 amide bonds. The summed E-state index contributed by atoms with van der Waals surface area (Å²) < 4.78 is 25.1. The molecule has 6 rings (SSSR count). The number of benzene rings is 6. The summed E-state index contributed by atoms with van der Waals surface area (Å²) in [5.74, 6) is -1.65. The number of carbonyl (C=O) groups is 3. The van der Waals surface area contributed by atoms with E-state index in [-0.39, 0.29) is 17.8 Å². The van der Waals surface area contributed by atoms with Crippen LogP contribution in [0.3, 0.4) is 0 Å². The average Bonchev–Trinajstić information content (AvgIpc) is 3.10. The second-order valence-corrected chi connectivity index (χ2v) is 13.6. The Kier molecular flexibility index (Phi) is 11.1. The Morgan fingerprint density at radius 2 is 1.06 bits per heavy atom. The number of carbonyl (C=O) groups excluding carboxylic acids is 3. The number of nitrogens with two attached hydrogens (primary N) is 4. The van der Waals surface area contributed by atoms with E-state index in [1.165, 1.54) is 6.92 Å². The van der Waals surface area contributed by atoms with Crippen molar-refractivity contribution in [2.75, 3.05) is 16.3 Å². The summed E-state index contributed by atoms with van der Waals surface area (Å²) >= 11 is 0. The first-order valence-electron chi connectivity index (χ1n) is 16.0. The van der Waals surface area contributed by atoms with E-state index in [4.69, 9.17) is 22.9 Å². The zero-order valence-corrected chi connectivity index (χ0v) is 29.5. The van der Waals surface area contributed by atoms with E-state index in [1.54, 1.807) is 36.4 Å². The van der Waals surface area contributed by atoms with E-state index in [0.717, 1.165) is 55.7 Å². The molecule has 0 atom stereocenters. The number of rotatable bonds is 7. The van der Waals surface area contributed by atoms with E-state index in [0.29, 0.717) is 16.8 Å². The van der Waals surface area contributed by atoms with Crippen LogP contribution in [0.1, 0.15) is 27.6 Å². The molecule has 0 heterocycles. The zero-order valence-electron chi connectivity index (χ0n) is 28.7. The fraction of sp³-hybridized carbons (Fsp3) is 0.0513. The highest BCUT2D eigenvalue weighted by Gasteiger charge is 2.11. The normalized spacial score (nSPS) is 10.8. The predicted molar refractivity (Wildman–Crippen MR) is 212 cm³/mol. The van der Waals surface area contributed by atoms with Gasteiger partial charge in [0.15, 0.2) is 11.9 Å². The molecule has 53 heavy (non-hydrogen) atoms. The van der Waals surface area contributed by atoms with E-state index < -0.39 is 21.8 Å². The minimum atomic E-state index is -3.32. The van der Waals surface area contributed by atoms with E-state index >= 15 is 0 Å². The minimum absolute atomic E-state index is 0.122. The summed E-state index contributed by atoms with van der Waals surface area (Å²) in [6.45, 7) is 1.47. The number of aliphatic imine (C=N–C) groups is 2. The number of hydrogen-bond donors (Lipinski definition) is 6. The molecule has 0 fully saturated rings. The molecule has 0 aliphatic heterocycles. The monoisotopic (exact) mass is 728 g/mol. The van der Waals surface area contributed by atoms with Crippen LogP contribution in [0.2, 0.25) is 0 Å². The Balaban J connectivity index is 0.000000204. The van der Waals surface area contributed by atoms with Crippen LogP contribution in [0.5, 0.6) is 0 Å². The Hall–Kier alpha value is -7.06. The fourth-order valence-corrected chi connectivity index (χ4v) is 6.16. The third-order valence-electron chi connectivity index (χ3n) is 7.71. The first kappa shape index (κ1) is 37.2. The third-order valence-corrected chi connectivity index (χ3v) is 8.32. The van der Waals surface area contributed by atoms with E-state index in [2.05, 4.69) is 20.0 Å². The van der Waals surface area contributed by atoms with E-state index in [9.17, 15) is 22.8 Å². The molecule has 0 aliphatic rings. The van der Waals surface area contributed by atoms with Gasteiger partial charge in [-0.15, -0.1) is 0 Å². The summed E-state index contributed by atoms with van der Waals surface area (Å²) in [4.78, 5) is 42.4. The van der Waals surface area contributed by atoms with Gasteiger partial charge in [0.25, 0.3) is 11.8 Å². The molecule has 6 aromatic carbocycles. The van der Waals surface area contributed by atoms with Gasteiger partial charge in [-0.25, -0.2) is 8.42 Å². The minimum Gasteiger partial charge on any atom is -0.370 e. The quantitative estimate of drug-likeness (QED) is 0.0937. The van der Waals surface area contributed by atoms with Crippen LogP contribution >= 0.6 is 0 Å². The molecular weight excluding hydrogens is 693 g/mol. The van der Waals surface area contributed by atoms with Crippen LogP contribution in [0.15, 0.2) is 131 Å². The molecule has 0 saturated carbocycles. The highest BCUT2D eigenvalue weighted by molar-refractivity contribution is 7.92. The Morgan fingerprint density at radius 1 is 0.566 bits per heavy atom. The van der Waals surface area contributed by atoms with Crippen LogP contribution in [0.4, 0.5) is 11.4 Å². The van der Waals surface area contributed by atoms with Gasteiger partial charge in [-0.3, -0.25) is 19.1 Å². The number of amides is 3. The number of hydrogen-bond acceptors (Lipinski definition) is 5. The lowest BCUT2D eigenvalue weighted by atomic mass is 9.96. The lowest BCUT2D eigenvalue weighted by Gasteiger charge is -2.10. The Labute approximate surface area is 305 Å². The van der Waals surface area contributed by atoms with Crippen LogP contribution in [-0.4, -0.2) is 44.3 Å². The molecule has 0 saturated heterocycles.